The number of nitro groups is 1. The average Bonchev–Trinajstić information content (AvgIpc) is 3.45. The van der Waals surface area contributed by atoms with Crippen molar-refractivity contribution in [2.45, 2.75) is 17.7 Å². The highest BCUT2D eigenvalue weighted by atomic mass is 32.2. The first-order valence-corrected chi connectivity index (χ1v) is 13.8. The van der Waals surface area contributed by atoms with Gasteiger partial charge in [0.05, 0.1) is 9.82 Å². The van der Waals surface area contributed by atoms with Crippen LogP contribution in [-0.2, 0) is 14.8 Å². The van der Waals surface area contributed by atoms with E-state index < -0.39 is 31.4 Å². The molecule has 1 aliphatic rings. The van der Waals surface area contributed by atoms with E-state index in [4.69, 9.17) is 9.57 Å². The number of ether oxygens (including phenoxy) is 1. The predicted octanol–water partition coefficient (Wildman–Crippen LogP) is 4.74. The fraction of sp³-hybridized carbons (Fsp3) is 0.222. The number of nitro benzene ring substituents is 1. The van der Waals surface area contributed by atoms with Crippen molar-refractivity contribution in [3.63, 3.8) is 0 Å². The number of hydrogen-bond donors (Lipinski definition) is 2. The van der Waals surface area contributed by atoms with E-state index in [0.29, 0.717) is 30.7 Å². The van der Waals surface area contributed by atoms with Crippen LogP contribution in [0.1, 0.15) is 23.2 Å². The number of rotatable bonds is 9. The van der Waals surface area contributed by atoms with E-state index in [1.54, 1.807) is 42.6 Å². The van der Waals surface area contributed by atoms with Crippen molar-refractivity contribution in [3.8, 4) is 5.75 Å². The number of aromatic amines is 1. The van der Waals surface area contributed by atoms with E-state index in [9.17, 15) is 23.3 Å². The van der Waals surface area contributed by atoms with Gasteiger partial charge < -0.3 is 19.9 Å². The molecule has 1 amide bonds. The summed E-state index contributed by atoms with van der Waals surface area (Å²) in [4.78, 5) is 33.0. The number of benzene rings is 3. The summed E-state index contributed by atoms with van der Waals surface area (Å²) in [7, 11) is -4.70. The van der Waals surface area contributed by atoms with E-state index in [2.05, 4.69) is 10.3 Å². The molecule has 0 atom stereocenters. The lowest BCUT2D eigenvalue weighted by Crippen LogP contribution is -2.39. The van der Waals surface area contributed by atoms with Gasteiger partial charge in [-0.2, -0.15) is 8.42 Å². The van der Waals surface area contributed by atoms with E-state index in [0.717, 1.165) is 18.9 Å². The monoisotopic (exact) mass is 550 g/mol. The van der Waals surface area contributed by atoms with E-state index in [1.807, 2.05) is 0 Å². The van der Waals surface area contributed by atoms with Crippen LogP contribution in [0, 0.1) is 16.0 Å². The minimum Gasteiger partial charge on any atom is -0.381 e. The number of sulfonamides is 1. The molecule has 2 N–H and O–H groups in total. The highest BCUT2D eigenvalue weighted by Gasteiger charge is 2.35. The second-order valence-corrected chi connectivity index (χ2v) is 10.8. The molecule has 1 saturated heterocycles. The van der Waals surface area contributed by atoms with Crippen molar-refractivity contribution in [2.24, 2.45) is 5.92 Å². The Hall–Kier alpha value is -4.42. The standard InChI is InChI=1S/C27H26N4O7S/c32-27(20-5-2-1-3-6-20)31(38-26-8-4-7-23-22(26)11-14-28-23)39(35,36)21-9-10-24(25(17-21)30(33)34)29-18-19-12-15-37-16-13-19/h1-11,14,17,19,28-29H,12-13,15-16,18H2. The summed E-state index contributed by atoms with van der Waals surface area (Å²) in [6.45, 7) is 1.75. The van der Waals surface area contributed by atoms with Crippen molar-refractivity contribution < 1.29 is 27.7 Å². The van der Waals surface area contributed by atoms with Crippen molar-refractivity contribution >= 4 is 38.2 Å². The van der Waals surface area contributed by atoms with Gasteiger partial charge in [0.1, 0.15) is 5.69 Å². The van der Waals surface area contributed by atoms with Crippen LogP contribution >= 0.6 is 0 Å². The van der Waals surface area contributed by atoms with E-state index in [-0.39, 0.29) is 27.4 Å². The molecule has 3 aromatic carbocycles. The lowest BCUT2D eigenvalue weighted by Gasteiger charge is -2.23. The third-order valence-corrected chi connectivity index (χ3v) is 8.05. The normalized spacial score (nSPS) is 14.2. The van der Waals surface area contributed by atoms with Crippen LogP contribution in [0.2, 0.25) is 0 Å². The molecule has 0 saturated carbocycles. The Kier molecular flexibility index (Phi) is 7.48. The maximum Gasteiger partial charge on any atom is 0.302 e. The second kappa shape index (κ2) is 11.1. The molecule has 0 spiro atoms. The molecule has 1 aliphatic heterocycles. The SMILES string of the molecule is O=C(c1ccccc1)N(Oc1cccc2[nH]ccc12)S(=O)(=O)c1ccc(NCC2CCOCC2)c([N+](=O)[O-])c1. The van der Waals surface area contributed by atoms with Gasteiger partial charge in [0, 0.05) is 48.5 Å². The maximum atomic E-state index is 13.8. The van der Waals surface area contributed by atoms with Crippen LogP contribution in [0.4, 0.5) is 11.4 Å². The lowest BCUT2D eigenvalue weighted by molar-refractivity contribution is -0.384. The average molecular weight is 551 g/mol. The number of hydrogen-bond acceptors (Lipinski definition) is 8. The first-order valence-electron chi connectivity index (χ1n) is 12.3. The number of nitrogens with one attached hydrogen (secondary N) is 2. The molecule has 0 bridgehead atoms. The lowest BCUT2D eigenvalue weighted by atomic mass is 10.0. The van der Waals surface area contributed by atoms with Gasteiger partial charge in [-0.25, -0.2) is 0 Å². The number of nitrogens with zero attached hydrogens (tertiary/aromatic N) is 2. The molecule has 2 heterocycles. The number of fused-ring (bicyclic) bond motifs is 1. The maximum absolute atomic E-state index is 13.8. The molecule has 39 heavy (non-hydrogen) atoms. The topological polar surface area (TPSA) is 144 Å². The molecule has 0 radical (unpaired) electrons. The number of anilines is 1. The molecule has 202 valence electrons. The Morgan fingerprint density at radius 1 is 1.08 bits per heavy atom. The molecule has 12 heteroatoms. The van der Waals surface area contributed by atoms with Crippen LogP contribution in [0.15, 0.2) is 83.9 Å². The molecular formula is C27H26N4O7S. The smallest absolute Gasteiger partial charge is 0.302 e. The zero-order chi connectivity index (χ0) is 27.4. The number of carbonyl (C=O) groups excluding carboxylic acids is 1. The van der Waals surface area contributed by atoms with Crippen LogP contribution < -0.4 is 10.2 Å². The van der Waals surface area contributed by atoms with Gasteiger partial charge in [-0.15, -0.1) is 0 Å². The van der Waals surface area contributed by atoms with Crippen LogP contribution in [0.5, 0.6) is 5.75 Å². The number of carbonyl (C=O) groups is 1. The highest BCUT2D eigenvalue weighted by Crippen LogP contribution is 2.32. The third-order valence-electron chi connectivity index (χ3n) is 6.53. The number of amides is 1. The molecule has 0 unspecified atom stereocenters. The molecule has 1 fully saturated rings. The zero-order valence-electron chi connectivity index (χ0n) is 20.8. The molecule has 5 rings (SSSR count). The van der Waals surface area contributed by atoms with Crippen molar-refractivity contribution in [1.82, 2.24) is 9.45 Å². The number of aromatic nitrogens is 1. The molecule has 0 aliphatic carbocycles. The minimum atomic E-state index is -4.70. The van der Waals surface area contributed by atoms with Gasteiger partial charge in [-0.3, -0.25) is 14.9 Å². The molecular weight excluding hydrogens is 524 g/mol. The number of hydroxylamine groups is 1. The Morgan fingerprint density at radius 3 is 2.59 bits per heavy atom. The van der Waals surface area contributed by atoms with Gasteiger partial charge in [-0.05, 0) is 61.2 Å². The molecule has 1 aromatic heterocycles. The van der Waals surface area contributed by atoms with Crippen LogP contribution in [0.3, 0.4) is 0 Å². The first-order chi connectivity index (χ1) is 18.8. The van der Waals surface area contributed by atoms with Gasteiger partial charge in [-0.1, -0.05) is 28.7 Å². The van der Waals surface area contributed by atoms with Crippen LogP contribution in [-0.4, -0.2) is 48.5 Å². The van der Waals surface area contributed by atoms with Crippen molar-refractivity contribution in [1.29, 1.82) is 0 Å². The second-order valence-electron chi connectivity index (χ2n) is 9.06. The van der Waals surface area contributed by atoms with Crippen molar-refractivity contribution in [2.75, 3.05) is 25.1 Å². The zero-order valence-corrected chi connectivity index (χ0v) is 21.6. The fourth-order valence-corrected chi connectivity index (χ4v) is 5.58. The number of H-pyrrole nitrogens is 1. The van der Waals surface area contributed by atoms with Crippen molar-refractivity contribution in [3.05, 3.63) is 94.7 Å². The first kappa shape index (κ1) is 26.2. The Bertz CT molecular complexity index is 1600. The summed E-state index contributed by atoms with van der Waals surface area (Å²) in [5.74, 6) is -0.552. The van der Waals surface area contributed by atoms with Gasteiger partial charge >= 0.3 is 5.91 Å². The van der Waals surface area contributed by atoms with E-state index in [1.165, 1.54) is 30.3 Å². The Morgan fingerprint density at radius 2 is 1.85 bits per heavy atom. The predicted molar refractivity (Wildman–Crippen MR) is 144 cm³/mol. The summed E-state index contributed by atoms with van der Waals surface area (Å²) in [5, 5.41) is 15.5. The summed E-state index contributed by atoms with van der Waals surface area (Å²) in [6, 6.07) is 17.9. The Balaban J connectivity index is 1.51. The highest BCUT2D eigenvalue weighted by molar-refractivity contribution is 7.89. The Labute approximate surface area is 224 Å². The minimum absolute atomic E-state index is 0.0616. The van der Waals surface area contributed by atoms with Gasteiger partial charge in [0.15, 0.2) is 5.75 Å². The molecule has 4 aromatic rings. The summed E-state index contributed by atoms with van der Waals surface area (Å²) >= 11 is 0. The quantitative estimate of drug-likeness (QED) is 0.225. The molecule has 11 nitrogen and oxygen atoms in total. The van der Waals surface area contributed by atoms with Gasteiger partial charge in [0.2, 0.25) is 0 Å². The summed E-state index contributed by atoms with van der Waals surface area (Å²) < 4.78 is 33.3. The third kappa shape index (κ3) is 5.56. The van der Waals surface area contributed by atoms with Crippen LogP contribution in [0.25, 0.3) is 10.9 Å². The largest absolute Gasteiger partial charge is 0.381 e. The fourth-order valence-electron chi connectivity index (χ4n) is 4.38. The summed E-state index contributed by atoms with van der Waals surface area (Å²) in [6.07, 6.45) is 3.31. The summed E-state index contributed by atoms with van der Waals surface area (Å²) in [5.41, 5.74) is 0.492. The van der Waals surface area contributed by atoms with E-state index >= 15 is 0 Å². The van der Waals surface area contributed by atoms with Gasteiger partial charge in [0.25, 0.3) is 15.7 Å².